The highest BCUT2D eigenvalue weighted by Gasteiger charge is 2.20. The summed E-state index contributed by atoms with van der Waals surface area (Å²) in [5.74, 6) is 4.30. The zero-order valence-electron chi connectivity index (χ0n) is 10.6. The molecule has 2 rings (SSSR count). The third-order valence-electron chi connectivity index (χ3n) is 2.37. The topological polar surface area (TPSA) is 116 Å². The maximum absolute atomic E-state index is 13.5. The number of nitrogens with zero attached hydrogens (tertiary/aromatic N) is 3. The molecule has 0 fully saturated rings. The number of ether oxygens (including phenoxy) is 1. The standard InChI is InChI=1S/C11H9BrFN5O3/c1-5-2-10(16-11(15-5)17-14)21-9-4-7(13)6(12)3-8(9)18(19)20/h2-4H,14H2,1H3,(H,15,16,17). The van der Waals surface area contributed by atoms with Crippen LogP contribution in [0, 0.1) is 22.9 Å². The first kappa shape index (κ1) is 15.1. The number of aromatic nitrogens is 2. The van der Waals surface area contributed by atoms with Gasteiger partial charge in [0.1, 0.15) is 5.82 Å². The second-order valence-electron chi connectivity index (χ2n) is 3.91. The van der Waals surface area contributed by atoms with Crippen LogP contribution in [-0.4, -0.2) is 14.9 Å². The summed E-state index contributed by atoms with van der Waals surface area (Å²) < 4.78 is 18.8. The highest BCUT2D eigenvalue weighted by atomic mass is 79.9. The minimum atomic E-state index is -0.696. The van der Waals surface area contributed by atoms with Crippen LogP contribution in [0.5, 0.6) is 11.6 Å². The number of hydrogen-bond acceptors (Lipinski definition) is 7. The van der Waals surface area contributed by atoms with Gasteiger partial charge in [-0.3, -0.25) is 15.5 Å². The quantitative estimate of drug-likeness (QED) is 0.490. The van der Waals surface area contributed by atoms with E-state index in [0.29, 0.717) is 5.69 Å². The summed E-state index contributed by atoms with van der Waals surface area (Å²) in [7, 11) is 0. The van der Waals surface area contributed by atoms with Gasteiger partial charge in [-0.2, -0.15) is 4.98 Å². The number of nitro groups is 1. The number of hydrogen-bond donors (Lipinski definition) is 2. The molecule has 0 saturated carbocycles. The van der Waals surface area contributed by atoms with E-state index >= 15 is 0 Å². The minimum absolute atomic E-state index is 0.000252. The molecule has 0 aliphatic heterocycles. The molecule has 0 spiro atoms. The summed E-state index contributed by atoms with van der Waals surface area (Å²) in [6.07, 6.45) is 0. The molecule has 0 saturated heterocycles. The van der Waals surface area contributed by atoms with Crippen molar-refractivity contribution in [2.75, 3.05) is 5.43 Å². The largest absolute Gasteiger partial charge is 0.431 e. The van der Waals surface area contributed by atoms with E-state index in [1.54, 1.807) is 6.92 Å². The van der Waals surface area contributed by atoms with Crippen molar-refractivity contribution < 1.29 is 14.1 Å². The predicted molar refractivity (Wildman–Crippen MR) is 75.4 cm³/mol. The molecule has 0 amide bonds. The summed E-state index contributed by atoms with van der Waals surface area (Å²) in [5.41, 5.74) is 2.35. The molecule has 1 heterocycles. The van der Waals surface area contributed by atoms with Gasteiger partial charge in [0.25, 0.3) is 0 Å². The van der Waals surface area contributed by atoms with Crippen molar-refractivity contribution in [2.24, 2.45) is 5.84 Å². The van der Waals surface area contributed by atoms with Crippen LogP contribution in [0.25, 0.3) is 0 Å². The molecule has 0 radical (unpaired) electrons. The maximum atomic E-state index is 13.5. The van der Waals surface area contributed by atoms with Gasteiger partial charge in [0.15, 0.2) is 0 Å². The molecule has 21 heavy (non-hydrogen) atoms. The van der Waals surface area contributed by atoms with Gasteiger partial charge >= 0.3 is 5.69 Å². The Kier molecular flexibility index (Phi) is 4.29. The van der Waals surface area contributed by atoms with E-state index in [2.05, 4.69) is 31.3 Å². The van der Waals surface area contributed by atoms with Gasteiger partial charge < -0.3 is 4.74 Å². The molecule has 10 heteroatoms. The zero-order valence-corrected chi connectivity index (χ0v) is 12.2. The lowest BCUT2D eigenvalue weighted by molar-refractivity contribution is -0.385. The SMILES string of the molecule is Cc1cc(Oc2cc(F)c(Br)cc2[N+](=O)[O-])nc(NN)n1. The maximum Gasteiger partial charge on any atom is 0.312 e. The first-order chi connectivity index (χ1) is 9.90. The number of hydrazine groups is 1. The molecule has 1 aromatic heterocycles. The van der Waals surface area contributed by atoms with E-state index in [-0.39, 0.29) is 22.1 Å². The van der Waals surface area contributed by atoms with Crippen LogP contribution in [0.1, 0.15) is 5.69 Å². The first-order valence-corrected chi connectivity index (χ1v) is 6.33. The fraction of sp³-hybridized carbons (Fsp3) is 0.0909. The van der Waals surface area contributed by atoms with Crippen LogP contribution >= 0.6 is 15.9 Å². The number of nitrogen functional groups attached to an aromatic ring is 1. The Bertz CT molecular complexity index is 712. The monoisotopic (exact) mass is 357 g/mol. The molecular formula is C11H9BrFN5O3. The van der Waals surface area contributed by atoms with Crippen molar-refractivity contribution in [3.8, 4) is 11.6 Å². The van der Waals surface area contributed by atoms with Gasteiger partial charge in [-0.25, -0.2) is 15.2 Å². The molecule has 2 aromatic rings. The van der Waals surface area contributed by atoms with E-state index in [1.165, 1.54) is 6.07 Å². The third kappa shape index (κ3) is 3.41. The predicted octanol–water partition coefficient (Wildman–Crippen LogP) is 2.67. The van der Waals surface area contributed by atoms with Gasteiger partial charge in [-0.05, 0) is 22.9 Å². The molecule has 1 aromatic carbocycles. The number of nitro benzene ring substituents is 1. The third-order valence-corrected chi connectivity index (χ3v) is 2.98. The van der Waals surface area contributed by atoms with E-state index in [0.717, 1.165) is 12.1 Å². The van der Waals surface area contributed by atoms with E-state index in [9.17, 15) is 14.5 Å². The van der Waals surface area contributed by atoms with Crippen molar-refractivity contribution in [1.82, 2.24) is 9.97 Å². The van der Waals surface area contributed by atoms with Crippen LogP contribution in [0.3, 0.4) is 0 Å². The fourth-order valence-electron chi connectivity index (χ4n) is 1.51. The molecule has 0 aliphatic carbocycles. The van der Waals surface area contributed by atoms with E-state index < -0.39 is 16.4 Å². The molecule has 0 aliphatic rings. The molecule has 0 bridgehead atoms. The molecule has 0 atom stereocenters. The Morgan fingerprint density at radius 3 is 2.76 bits per heavy atom. The number of nitrogens with one attached hydrogen (secondary N) is 1. The summed E-state index contributed by atoms with van der Waals surface area (Å²) in [6.45, 7) is 1.66. The number of anilines is 1. The van der Waals surface area contributed by atoms with Crippen LogP contribution in [-0.2, 0) is 0 Å². The second-order valence-corrected chi connectivity index (χ2v) is 4.76. The van der Waals surface area contributed by atoms with Crippen molar-refractivity contribution >= 4 is 27.6 Å². The average Bonchev–Trinajstić information content (AvgIpc) is 2.41. The Morgan fingerprint density at radius 1 is 1.43 bits per heavy atom. The molecule has 3 N–H and O–H groups in total. The highest BCUT2D eigenvalue weighted by Crippen LogP contribution is 2.35. The smallest absolute Gasteiger partial charge is 0.312 e. The Morgan fingerprint density at radius 2 is 2.14 bits per heavy atom. The van der Waals surface area contributed by atoms with Crippen molar-refractivity contribution in [3.63, 3.8) is 0 Å². The number of rotatable bonds is 4. The van der Waals surface area contributed by atoms with Gasteiger partial charge in [0, 0.05) is 23.9 Å². The number of nitrogens with two attached hydrogens (primary N) is 1. The normalized spacial score (nSPS) is 10.3. The lowest BCUT2D eigenvalue weighted by atomic mass is 10.3. The molecule has 8 nitrogen and oxygen atoms in total. The van der Waals surface area contributed by atoms with Gasteiger partial charge in [-0.1, -0.05) is 0 Å². The lowest BCUT2D eigenvalue weighted by Crippen LogP contribution is -2.11. The number of benzene rings is 1. The average molecular weight is 358 g/mol. The molecular weight excluding hydrogens is 349 g/mol. The van der Waals surface area contributed by atoms with Crippen molar-refractivity contribution in [3.05, 3.63) is 44.3 Å². The van der Waals surface area contributed by atoms with Crippen molar-refractivity contribution in [2.45, 2.75) is 6.92 Å². The fourth-order valence-corrected chi connectivity index (χ4v) is 1.84. The Balaban J connectivity index is 2.46. The van der Waals surface area contributed by atoms with Crippen LogP contribution in [0.15, 0.2) is 22.7 Å². The Labute approximate surface area is 126 Å². The van der Waals surface area contributed by atoms with Crippen LogP contribution in [0.2, 0.25) is 0 Å². The molecule has 0 unspecified atom stereocenters. The summed E-state index contributed by atoms with van der Waals surface area (Å²) in [6, 6.07) is 3.35. The van der Waals surface area contributed by atoms with Gasteiger partial charge in [-0.15, -0.1) is 0 Å². The van der Waals surface area contributed by atoms with Crippen LogP contribution in [0.4, 0.5) is 16.0 Å². The lowest BCUT2D eigenvalue weighted by Gasteiger charge is -2.08. The summed E-state index contributed by atoms with van der Waals surface area (Å²) in [5, 5.41) is 11.0. The molecule has 110 valence electrons. The van der Waals surface area contributed by atoms with Gasteiger partial charge in [0.05, 0.1) is 9.40 Å². The second kappa shape index (κ2) is 5.97. The Hall–Kier alpha value is -2.33. The van der Waals surface area contributed by atoms with Gasteiger partial charge in [0.2, 0.25) is 17.6 Å². The minimum Gasteiger partial charge on any atom is -0.431 e. The van der Waals surface area contributed by atoms with Crippen molar-refractivity contribution in [1.29, 1.82) is 0 Å². The number of aryl methyl sites for hydroxylation is 1. The highest BCUT2D eigenvalue weighted by molar-refractivity contribution is 9.10. The number of halogens is 2. The zero-order chi connectivity index (χ0) is 15.6. The van der Waals surface area contributed by atoms with E-state index in [4.69, 9.17) is 10.6 Å². The first-order valence-electron chi connectivity index (χ1n) is 5.54. The summed E-state index contributed by atoms with van der Waals surface area (Å²) >= 11 is 2.88. The summed E-state index contributed by atoms with van der Waals surface area (Å²) in [4.78, 5) is 18.1. The van der Waals surface area contributed by atoms with Crippen LogP contribution < -0.4 is 16.0 Å². The van der Waals surface area contributed by atoms with E-state index in [1.807, 2.05) is 0 Å².